The first kappa shape index (κ1) is 16.7. The summed E-state index contributed by atoms with van der Waals surface area (Å²) in [6.07, 6.45) is 2.59. The molecule has 0 aliphatic heterocycles. The van der Waals surface area contributed by atoms with Crippen LogP contribution in [0.3, 0.4) is 0 Å². The van der Waals surface area contributed by atoms with E-state index in [4.69, 9.17) is 4.74 Å². The lowest BCUT2D eigenvalue weighted by atomic mass is 10.2. The second-order valence-electron chi connectivity index (χ2n) is 5.45. The number of halogens is 1. The molecule has 0 radical (unpaired) electrons. The lowest BCUT2D eigenvalue weighted by molar-refractivity contribution is 0.0460. The molecule has 1 atom stereocenters. The molecule has 0 saturated heterocycles. The molecule has 1 rings (SSSR count). The molecule has 0 aliphatic carbocycles. The minimum absolute atomic E-state index is 0.313. The molecule has 0 amide bonds. The molecule has 108 valence electrons. The Kier molecular flexibility index (Phi) is 8.35. The molecule has 3 heteroatoms. The van der Waals surface area contributed by atoms with Gasteiger partial charge < -0.3 is 10.1 Å². The second kappa shape index (κ2) is 9.51. The van der Waals surface area contributed by atoms with Gasteiger partial charge in [-0.3, -0.25) is 0 Å². The van der Waals surface area contributed by atoms with E-state index in [1.54, 1.807) is 0 Å². The Morgan fingerprint density at radius 2 is 1.95 bits per heavy atom. The lowest BCUT2D eigenvalue weighted by Gasteiger charge is -2.14. The van der Waals surface area contributed by atoms with Crippen molar-refractivity contribution in [2.75, 3.05) is 13.1 Å². The lowest BCUT2D eigenvalue weighted by Crippen LogP contribution is -2.21. The van der Waals surface area contributed by atoms with Gasteiger partial charge in [-0.05, 0) is 50.4 Å². The summed E-state index contributed by atoms with van der Waals surface area (Å²) in [5.41, 5.74) is 1.22. The van der Waals surface area contributed by atoms with Crippen LogP contribution in [0.25, 0.3) is 0 Å². The van der Waals surface area contributed by atoms with Crippen molar-refractivity contribution in [3.63, 3.8) is 0 Å². The van der Waals surface area contributed by atoms with Gasteiger partial charge >= 0.3 is 0 Å². The van der Waals surface area contributed by atoms with Gasteiger partial charge in [0.05, 0.1) is 12.7 Å². The predicted octanol–water partition coefficient (Wildman–Crippen LogP) is 4.38. The second-order valence-corrected chi connectivity index (χ2v) is 6.31. The molecule has 1 N–H and O–H groups in total. The van der Waals surface area contributed by atoms with Gasteiger partial charge in [-0.1, -0.05) is 48.0 Å². The van der Waals surface area contributed by atoms with Crippen molar-refractivity contribution in [3.05, 3.63) is 34.3 Å². The molecule has 0 aromatic heterocycles. The number of hydrogen-bond acceptors (Lipinski definition) is 2. The van der Waals surface area contributed by atoms with E-state index in [-0.39, 0.29) is 0 Å². The summed E-state index contributed by atoms with van der Waals surface area (Å²) in [6, 6.07) is 8.22. The van der Waals surface area contributed by atoms with Crippen molar-refractivity contribution >= 4 is 15.9 Å². The van der Waals surface area contributed by atoms with Crippen molar-refractivity contribution in [1.82, 2.24) is 5.32 Å². The van der Waals surface area contributed by atoms with E-state index in [0.717, 1.165) is 29.9 Å². The third-order valence-electron chi connectivity index (χ3n) is 3.00. The fourth-order valence-electron chi connectivity index (χ4n) is 1.84. The molecule has 1 aromatic rings. The van der Waals surface area contributed by atoms with Crippen LogP contribution in [0.15, 0.2) is 28.7 Å². The zero-order valence-electron chi connectivity index (χ0n) is 12.3. The van der Waals surface area contributed by atoms with Gasteiger partial charge in [-0.15, -0.1) is 0 Å². The normalized spacial score (nSPS) is 12.9. The Morgan fingerprint density at radius 1 is 1.21 bits per heavy atom. The fraction of sp³-hybridized carbons (Fsp3) is 0.625. The first-order valence-corrected chi connectivity index (χ1v) is 7.94. The van der Waals surface area contributed by atoms with Crippen LogP contribution >= 0.6 is 15.9 Å². The Morgan fingerprint density at radius 3 is 2.63 bits per heavy atom. The highest BCUT2D eigenvalue weighted by Crippen LogP contribution is 2.17. The Balaban J connectivity index is 2.11. The largest absolute Gasteiger partial charge is 0.374 e. The predicted molar refractivity (Wildman–Crippen MR) is 85.3 cm³/mol. The molecule has 0 spiro atoms. The number of rotatable bonds is 9. The van der Waals surface area contributed by atoms with Crippen molar-refractivity contribution in [3.8, 4) is 0 Å². The quantitative estimate of drug-likeness (QED) is 0.679. The van der Waals surface area contributed by atoms with E-state index in [0.29, 0.717) is 12.7 Å². The van der Waals surface area contributed by atoms with E-state index < -0.39 is 0 Å². The first-order chi connectivity index (χ1) is 9.09. The van der Waals surface area contributed by atoms with Gasteiger partial charge in [0.2, 0.25) is 0 Å². The maximum Gasteiger partial charge on any atom is 0.0731 e. The minimum atomic E-state index is 0.313. The molecule has 1 unspecified atom stereocenters. The number of benzene rings is 1. The Hall–Kier alpha value is -0.380. The van der Waals surface area contributed by atoms with Crippen LogP contribution in [0.2, 0.25) is 0 Å². The van der Waals surface area contributed by atoms with Gasteiger partial charge in [0, 0.05) is 4.47 Å². The first-order valence-electron chi connectivity index (χ1n) is 7.15. The van der Waals surface area contributed by atoms with Crippen LogP contribution in [-0.2, 0) is 11.3 Å². The number of nitrogens with one attached hydrogen (secondary N) is 1. The summed E-state index contributed by atoms with van der Waals surface area (Å²) in [5, 5.41) is 3.46. The molecule has 1 aromatic carbocycles. The molecule has 2 nitrogen and oxygen atoms in total. The van der Waals surface area contributed by atoms with Crippen LogP contribution in [0.4, 0.5) is 0 Å². The monoisotopic (exact) mass is 327 g/mol. The summed E-state index contributed by atoms with van der Waals surface area (Å²) in [5.74, 6) is 0.726. The third kappa shape index (κ3) is 7.71. The molecule has 0 aliphatic rings. The van der Waals surface area contributed by atoms with Gasteiger partial charge in [0.25, 0.3) is 0 Å². The van der Waals surface area contributed by atoms with E-state index in [1.807, 2.05) is 12.1 Å². The van der Waals surface area contributed by atoms with Crippen molar-refractivity contribution in [1.29, 1.82) is 0 Å². The van der Waals surface area contributed by atoms with Crippen LogP contribution in [0, 0.1) is 5.92 Å². The third-order valence-corrected chi connectivity index (χ3v) is 3.77. The van der Waals surface area contributed by atoms with Gasteiger partial charge in [-0.2, -0.15) is 0 Å². The summed E-state index contributed by atoms with van der Waals surface area (Å²) in [7, 11) is 0. The Labute approximate surface area is 126 Å². The highest BCUT2D eigenvalue weighted by molar-refractivity contribution is 9.10. The summed E-state index contributed by atoms with van der Waals surface area (Å²) < 4.78 is 7.00. The topological polar surface area (TPSA) is 21.3 Å². The summed E-state index contributed by atoms with van der Waals surface area (Å²) in [6.45, 7) is 9.49. The SMILES string of the molecule is CC(C)CNCCCC(C)OCc1ccccc1Br. The molecular formula is C16H26BrNO. The minimum Gasteiger partial charge on any atom is -0.374 e. The standard InChI is InChI=1S/C16H26BrNO/c1-13(2)11-18-10-6-7-14(3)19-12-15-8-4-5-9-16(15)17/h4-5,8-9,13-14,18H,6-7,10-12H2,1-3H3. The molecule has 0 saturated carbocycles. The van der Waals surface area contributed by atoms with Gasteiger partial charge in [0.15, 0.2) is 0 Å². The van der Waals surface area contributed by atoms with Crippen LogP contribution in [0.5, 0.6) is 0 Å². The van der Waals surface area contributed by atoms with Crippen LogP contribution < -0.4 is 5.32 Å². The average Bonchev–Trinajstić information content (AvgIpc) is 2.37. The fourth-order valence-corrected chi connectivity index (χ4v) is 2.24. The van der Waals surface area contributed by atoms with Crippen molar-refractivity contribution in [2.45, 2.75) is 46.3 Å². The maximum absolute atomic E-state index is 5.88. The van der Waals surface area contributed by atoms with E-state index in [1.165, 1.54) is 12.0 Å². The van der Waals surface area contributed by atoms with Crippen LogP contribution in [-0.4, -0.2) is 19.2 Å². The summed E-state index contributed by atoms with van der Waals surface area (Å²) >= 11 is 3.54. The average molecular weight is 328 g/mol. The van der Waals surface area contributed by atoms with Gasteiger partial charge in [0.1, 0.15) is 0 Å². The molecular weight excluding hydrogens is 302 g/mol. The highest BCUT2D eigenvalue weighted by Gasteiger charge is 2.04. The van der Waals surface area contributed by atoms with E-state index in [9.17, 15) is 0 Å². The number of hydrogen-bond donors (Lipinski definition) is 1. The molecule has 0 heterocycles. The molecule has 0 bridgehead atoms. The highest BCUT2D eigenvalue weighted by atomic mass is 79.9. The molecule has 19 heavy (non-hydrogen) atoms. The van der Waals surface area contributed by atoms with Crippen molar-refractivity contribution in [2.24, 2.45) is 5.92 Å². The number of ether oxygens (including phenoxy) is 1. The zero-order chi connectivity index (χ0) is 14.1. The Bertz CT molecular complexity index is 354. The smallest absolute Gasteiger partial charge is 0.0731 e. The van der Waals surface area contributed by atoms with E-state index in [2.05, 4.69) is 54.2 Å². The zero-order valence-corrected chi connectivity index (χ0v) is 13.9. The molecule has 0 fully saturated rings. The maximum atomic E-state index is 5.88. The van der Waals surface area contributed by atoms with Crippen molar-refractivity contribution < 1.29 is 4.74 Å². The van der Waals surface area contributed by atoms with E-state index >= 15 is 0 Å². The van der Waals surface area contributed by atoms with Gasteiger partial charge in [-0.25, -0.2) is 0 Å². The van der Waals surface area contributed by atoms with Crippen LogP contribution in [0.1, 0.15) is 39.2 Å². The summed E-state index contributed by atoms with van der Waals surface area (Å²) in [4.78, 5) is 0.